The maximum Gasteiger partial charge on any atom is 0.165 e. The van der Waals surface area contributed by atoms with Crippen molar-refractivity contribution < 1.29 is 0 Å². The van der Waals surface area contributed by atoms with E-state index in [4.69, 9.17) is 9.97 Å². The highest BCUT2D eigenvalue weighted by molar-refractivity contribution is 6.13. The molecule has 0 N–H and O–H groups in total. The Bertz CT molecular complexity index is 4590. The number of allylic oxidation sites excluding steroid dienone is 2. The number of nitrogens with zero attached hydrogens (tertiary/aromatic N) is 6. The predicted molar refractivity (Wildman–Crippen MR) is 315 cm³/mol. The van der Waals surface area contributed by atoms with Crippen molar-refractivity contribution in [3.05, 3.63) is 253 Å². The van der Waals surface area contributed by atoms with Crippen molar-refractivity contribution in [2.24, 2.45) is 0 Å². The average molecular weight is 973 g/mol. The summed E-state index contributed by atoms with van der Waals surface area (Å²) in [4.78, 5) is 12.5. The minimum Gasteiger partial charge on any atom is -0.305 e. The monoisotopic (exact) mass is 972 g/mol. The van der Waals surface area contributed by atoms with Gasteiger partial charge in [-0.2, -0.15) is 0 Å². The molecule has 2 aliphatic carbocycles. The van der Waals surface area contributed by atoms with Crippen molar-refractivity contribution in [1.82, 2.24) is 28.2 Å². The molecule has 0 spiro atoms. The maximum absolute atomic E-state index is 6.44. The van der Waals surface area contributed by atoms with E-state index >= 15 is 0 Å². The summed E-state index contributed by atoms with van der Waals surface area (Å²) in [7, 11) is 0. The first-order valence-corrected chi connectivity index (χ1v) is 26.5. The van der Waals surface area contributed by atoms with E-state index in [1.807, 2.05) is 0 Å². The third kappa shape index (κ3) is 6.28. The number of aromatic nitrogens is 6. The second-order valence-corrected chi connectivity index (χ2v) is 20.2. The minimum atomic E-state index is 0.804. The lowest BCUT2D eigenvalue weighted by Crippen LogP contribution is -2.18. The molecule has 6 heteroatoms. The molecule has 6 aromatic heterocycles. The van der Waals surface area contributed by atoms with Crippen LogP contribution < -0.4 is 0 Å². The molecule has 0 amide bonds. The summed E-state index contributed by atoms with van der Waals surface area (Å²) in [5.74, 6) is 1.63. The van der Waals surface area contributed by atoms with E-state index in [0.29, 0.717) is 0 Å². The standard InChI is InChI=1S/C70H48N6/c1-3-23-45(24-4-1)47-43-56(46-25-5-2-6-26-46)71-57(44-47)66-67(73-58-35-15-7-27-48(58)49-28-8-16-36-59(49)73)69(75-62-39-19-11-31-52(62)53-32-12-20-40-63(53)75)72-70(76-64-41-21-13-33-54(64)55-34-14-22-42-65(55)76)68(66)74-60-37-17-9-29-50(60)51-30-10-18-38-61(51)74/h1-9,11-13,15-29,31-33,35-44H,10,14,30,34H2. The van der Waals surface area contributed by atoms with Gasteiger partial charge in [0.05, 0.1) is 55.7 Å². The van der Waals surface area contributed by atoms with Gasteiger partial charge < -0.3 is 9.13 Å². The van der Waals surface area contributed by atoms with Gasteiger partial charge in [-0.1, -0.05) is 182 Å². The smallest absolute Gasteiger partial charge is 0.165 e. The van der Waals surface area contributed by atoms with Crippen LogP contribution in [0.25, 0.3) is 134 Å². The highest BCUT2D eigenvalue weighted by Crippen LogP contribution is 2.49. The van der Waals surface area contributed by atoms with Gasteiger partial charge in [-0.15, -0.1) is 0 Å². The molecule has 0 aliphatic heterocycles. The van der Waals surface area contributed by atoms with Gasteiger partial charge in [-0.25, -0.2) is 9.97 Å². The summed E-state index contributed by atoms with van der Waals surface area (Å²) in [6, 6.07) is 79.5. The highest BCUT2D eigenvalue weighted by Gasteiger charge is 2.35. The van der Waals surface area contributed by atoms with Gasteiger partial charge in [0.25, 0.3) is 0 Å². The Morgan fingerprint density at radius 3 is 1.21 bits per heavy atom. The Labute approximate surface area is 439 Å². The van der Waals surface area contributed by atoms with Crippen molar-refractivity contribution in [1.29, 1.82) is 0 Å². The number of benzene rings is 8. The number of pyridine rings is 2. The topological polar surface area (TPSA) is 45.5 Å². The van der Waals surface area contributed by atoms with E-state index in [1.165, 1.54) is 32.7 Å². The van der Waals surface area contributed by atoms with Crippen LogP contribution in [0.5, 0.6) is 0 Å². The van der Waals surface area contributed by atoms with Crippen LogP contribution in [0.3, 0.4) is 0 Å². The molecule has 0 atom stereocenters. The van der Waals surface area contributed by atoms with Crippen LogP contribution in [0.15, 0.2) is 231 Å². The lowest BCUT2D eigenvalue weighted by molar-refractivity contribution is 0.906. The van der Waals surface area contributed by atoms with Gasteiger partial charge in [-0.05, 0) is 109 Å². The third-order valence-corrected chi connectivity index (χ3v) is 16.1. The Hall–Kier alpha value is -9.78. The fourth-order valence-corrected chi connectivity index (χ4v) is 12.9. The zero-order valence-electron chi connectivity index (χ0n) is 41.6. The second kappa shape index (κ2) is 16.9. The van der Waals surface area contributed by atoms with Gasteiger partial charge in [0.15, 0.2) is 11.6 Å². The largest absolute Gasteiger partial charge is 0.305 e. The van der Waals surface area contributed by atoms with Crippen LogP contribution in [0.4, 0.5) is 0 Å². The number of para-hydroxylation sites is 6. The molecule has 8 aromatic carbocycles. The molecular formula is C70H48N6. The molecule has 2 aliphatic rings. The Morgan fingerprint density at radius 1 is 0.303 bits per heavy atom. The Kier molecular flexibility index (Phi) is 9.49. The summed E-state index contributed by atoms with van der Waals surface area (Å²) < 4.78 is 9.99. The van der Waals surface area contributed by atoms with Crippen LogP contribution in [0, 0.1) is 0 Å². The first kappa shape index (κ1) is 42.7. The van der Waals surface area contributed by atoms with Crippen LogP contribution in [0.2, 0.25) is 0 Å². The lowest BCUT2D eigenvalue weighted by atomic mass is 9.97. The quantitative estimate of drug-likeness (QED) is 0.160. The molecule has 0 fully saturated rings. The molecule has 0 bridgehead atoms. The normalized spacial score (nSPS) is 13.2. The first-order valence-electron chi connectivity index (χ1n) is 26.5. The molecule has 358 valence electrons. The molecule has 6 heterocycles. The lowest BCUT2D eigenvalue weighted by Gasteiger charge is -2.27. The Balaban J connectivity index is 1.23. The van der Waals surface area contributed by atoms with Crippen LogP contribution in [-0.2, 0) is 12.8 Å². The first-order chi connectivity index (χ1) is 37.8. The zero-order valence-corrected chi connectivity index (χ0v) is 41.6. The van der Waals surface area contributed by atoms with E-state index in [1.54, 1.807) is 0 Å². The second-order valence-electron chi connectivity index (χ2n) is 20.2. The van der Waals surface area contributed by atoms with E-state index in [2.05, 4.69) is 261 Å². The Morgan fingerprint density at radius 2 is 0.684 bits per heavy atom. The summed E-state index contributed by atoms with van der Waals surface area (Å²) in [5, 5.41) is 7.16. The van der Waals surface area contributed by atoms with Crippen molar-refractivity contribution in [2.75, 3.05) is 0 Å². The van der Waals surface area contributed by atoms with Crippen molar-refractivity contribution >= 4 is 77.6 Å². The molecule has 6 nitrogen and oxygen atoms in total. The van der Waals surface area contributed by atoms with Crippen LogP contribution >= 0.6 is 0 Å². The van der Waals surface area contributed by atoms with Gasteiger partial charge in [-0.3, -0.25) is 9.13 Å². The van der Waals surface area contributed by atoms with E-state index in [9.17, 15) is 0 Å². The summed E-state index contributed by atoms with van der Waals surface area (Å²) in [6.45, 7) is 0. The summed E-state index contributed by atoms with van der Waals surface area (Å²) in [5.41, 5.74) is 19.4. The number of fused-ring (bicyclic) bond motifs is 12. The van der Waals surface area contributed by atoms with E-state index in [-0.39, 0.29) is 0 Å². The summed E-state index contributed by atoms with van der Waals surface area (Å²) >= 11 is 0. The molecule has 16 rings (SSSR count). The molecule has 14 aromatic rings. The van der Waals surface area contributed by atoms with Crippen LogP contribution in [-0.4, -0.2) is 28.2 Å². The van der Waals surface area contributed by atoms with E-state index in [0.717, 1.165) is 138 Å². The fraction of sp³-hybridized carbons (Fsp3) is 0.0571. The fourth-order valence-electron chi connectivity index (χ4n) is 12.9. The molecule has 0 saturated heterocycles. The predicted octanol–water partition coefficient (Wildman–Crippen LogP) is 17.5. The van der Waals surface area contributed by atoms with Gasteiger partial charge in [0.2, 0.25) is 0 Å². The van der Waals surface area contributed by atoms with Crippen molar-refractivity contribution in [3.63, 3.8) is 0 Å². The molecule has 76 heavy (non-hydrogen) atoms. The molecule has 0 saturated carbocycles. The average Bonchev–Trinajstić information content (AvgIpc) is 4.40. The van der Waals surface area contributed by atoms with E-state index < -0.39 is 0 Å². The van der Waals surface area contributed by atoms with Gasteiger partial charge >= 0.3 is 0 Å². The molecule has 0 unspecified atom stereocenters. The van der Waals surface area contributed by atoms with Crippen LogP contribution in [0.1, 0.15) is 35.4 Å². The molecular weight excluding hydrogens is 925 g/mol. The number of hydrogen-bond donors (Lipinski definition) is 0. The number of rotatable bonds is 7. The van der Waals surface area contributed by atoms with Crippen molar-refractivity contribution in [2.45, 2.75) is 25.7 Å². The maximum atomic E-state index is 6.44. The SMILES string of the molecule is C1=Cc2c(c3ccccc3n2-c2nc(-n3c4ccccc4c4ccccc43)c(-n3c4ccccc4c4ccccc43)c(-c3cc(-c4ccccc4)cc(-c4ccccc4)n3)c2-n2c3c(c4ccccc42)CCC=C3)CC1. The van der Waals surface area contributed by atoms with Gasteiger partial charge in [0.1, 0.15) is 11.4 Å². The summed E-state index contributed by atoms with van der Waals surface area (Å²) in [6.07, 6.45) is 13.2. The minimum absolute atomic E-state index is 0.804. The zero-order chi connectivity index (χ0) is 49.8. The highest BCUT2D eigenvalue weighted by atomic mass is 15.2. The van der Waals surface area contributed by atoms with Gasteiger partial charge in [0, 0.05) is 43.6 Å². The van der Waals surface area contributed by atoms with Crippen molar-refractivity contribution in [3.8, 4) is 56.7 Å². The number of aryl methyl sites for hydroxylation is 2. The molecule has 0 radical (unpaired) electrons. The number of hydrogen-bond acceptors (Lipinski definition) is 2. The third-order valence-electron chi connectivity index (χ3n) is 16.1.